The third-order valence-electron chi connectivity index (χ3n) is 5.42. The highest BCUT2D eigenvalue weighted by Gasteiger charge is 2.22. The van der Waals surface area contributed by atoms with E-state index in [9.17, 15) is 14.7 Å². The van der Waals surface area contributed by atoms with E-state index in [0.717, 1.165) is 58.6 Å². The highest BCUT2D eigenvalue weighted by molar-refractivity contribution is 7.09. The molecule has 0 aliphatic rings. The molecule has 3 aromatic rings. The molecule has 0 aliphatic heterocycles. The van der Waals surface area contributed by atoms with Gasteiger partial charge in [0.15, 0.2) is 5.58 Å². The summed E-state index contributed by atoms with van der Waals surface area (Å²) in [6.45, 7) is 14.6. The third-order valence-corrected chi connectivity index (χ3v) is 6.39. The van der Waals surface area contributed by atoms with Crippen molar-refractivity contribution in [3.63, 3.8) is 0 Å². The summed E-state index contributed by atoms with van der Waals surface area (Å²) in [6, 6.07) is 3.96. The zero-order chi connectivity index (χ0) is 26.7. The highest BCUT2D eigenvalue weighted by atomic mass is 32.1. The van der Waals surface area contributed by atoms with Gasteiger partial charge in [-0.2, -0.15) is 0 Å². The Morgan fingerprint density at radius 3 is 2.56 bits per heavy atom. The number of hydrogen-bond acceptors (Lipinski definition) is 8. The van der Waals surface area contributed by atoms with E-state index in [1.807, 2.05) is 12.1 Å². The van der Waals surface area contributed by atoms with E-state index in [0.29, 0.717) is 17.9 Å². The molecule has 2 heterocycles. The van der Waals surface area contributed by atoms with Crippen molar-refractivity contribution < 1.29 is 23.9 Å². The third kappa shape index (κ3) is 7.12. The van der Waals surface area contributed by atoms with Crippen molar-refractivity contribution in [2.75, 3.05) is 6.61 Å². The Balaban J connectivity index is 1.66. The van der Waals surface area contributed by atoms with E-state index in [-0.39, 0.29) is 29.1 Å². The molecule has 0 saturated heterocycles. The van der Waals surface area contributed by atoms with Crippen LogP contribution in [0.3, 0.4) is 0 Å². The number of thiazole rings is 1. The summed E-state index contributed by atoms with van der Waals surface area (Å²) < 4.78 is 18.4. The second-order valence-electron chi connectivity index (χ2n) is 11.3. The summed E-state index contributed by atoms with van der Waals surface area (Å²) in [5, 5.41) is 15.8. The monoisotopic (exact) mass is 518 g/mol. The van der Waals surface area contributed by atoms with Gasteiger partial charge >= 0.3 is 10.8 Å². The zero-order valence-corrected chi connectivity index (χ0v) is 23.2. The largest absolute Gasteiger partial charge is 0.494 e. The van der Waals surface area contributed by atoms with E-state index in [4.69, 9.17) is 14.0 Å². The molecule has 0 unspecified atom stereocenters. The van der Waals surface area contributed by atoms with Crippen molar-refractivity contribution >= 4 is 28.3 Å². The molecule has 1 aromatic carbocycles. The lowest BCUT2D eigenvalue weighted by Gasteiger charge is -2.19. The molecule has 9 heteroatoms. The van der Waals surface area contributed by atoms with Crippen LogP contribution in [0.25, 0.3) is 11.0 Å². The van der Waals surface area contributed by atoms with Crippen LogP contribution in [0.15, 0.2) is 21.5 Å². The van der Waals surface area contributed by atoms with Crippen molar-refractivity contribution in [2.24, 2.45) is 5.41 Å². The second kappa shape index (κ2) is 11.1. The summed E-state index contributed by atoms with van der Waals surface area (Å²) in [7, 11) is 0. The first-order valence-electron chi connectivity index (χ1n) is 12.5. The molecule has 0 radical (unpaired) electrons. The highest BCUT2D eigenvalue weighted by Crippen LogP contribution is 2.34. The number of aromatic nitrogens is 2. The zero-order valence-electron chi connectivity index (χ0n) is 22.4. The summed E-state index contributed by atoms with van der Waals surface area (Å²) in [4.78, 5) is 24.5. The number of hydrogen-bond donors (Lipinski definition) is 1. The van der Waals surface area contributed by atoms with Crippen LogP contribution in [-0.4, -0.2) is 33.0 Å². The number of rotatable bonds is 10. The minimum Gasteiger partial charge on any atom is -0.494 e. The lowest BCUT2D eigenvalue weighted by molar-refractivity contribution is -0.153. The molecule has 0 fully saturated rings. The maximum atomic E-state index is 12.4. The summed E-state index contributed by atoms with van der Waals surface area (Å²) in [5.41, 5.74) is 2.19. The van der Waals surface area contributed by atoms with E-state index in [1.165, 1.54) is 4.57 Å². The van der Waals surface area contributed by atoms with Crippen molar-refractivity contribution in [2.45, 2.75) is 92.7 Å². The van der Waals surface area contributed by atoms with Crippen molar-refractivity contribution in [3.05, 3.63) is 37.9 Å². The van der Waals surface area contributed by atoms with Crippen molar-refractivity contribution in [1.82, 2.24) is 9.72 Å². The second-order valence-corrected chi connectivity index (χ2v) is 12.3. The Morgan fingerprint density at radius 2 is 1.92 bits per heavy atom. The average Bonchev–Trinajstić information content (AvgIpc) is 3.25. The van der Waals surface area contributed by atoms with Crippen LogP contribution in [0.2, 0.25) is 0 Å². The van der Waals surface area contributed by atoms with E-state index in [2.05, 4.69) is 32.9 Å². The quantitative estimate of drug-likeness (QED) is 0.273. The molecule has 36 heavy (non-hydrogen) atoms. The molecule has 8 nitrogen and oxygen atoms in total. The Labute approximate surface area is 216 Å². The number of fused-ring (bicyclic) bond motifs is 1. The number of aryl methyl sites for hydroxylation is 1. The van der Waals surface area contributed by atoms with Crippen LogP contribution in [0.1, 0.15) is 77.4 Å². The maximum Gasteiger partial charge on any atom is 0.311 e. The van der Waals surface area contributed by atoms with Gasteiger partial charge in [-0.25, -0.2) is 0 Å². The van der Waals surface area contributed by atoms with Crippen LogP contribution < -0.4 is 9.61 Å². The molecule has 198 valence electrons. The lowest BCUT2D eigenvalue weighted by Crippen LogP contribution is -2.24. The number of ether oxygens (including phenoxy) is 2. The number of nitrogens with zero attached hydrogens (tertiary/aromatic N) is 2. The first kappa shape index (κ1) is 27.8. The minimum absolute atomic E-state index is 0.0992. The van der Waals surface area contributed by atoms with Crippen LogP contribution in [0, 0.1) is 5.41 Å². The Kier molecular flexibility index (Phi) is 8.54. The SMILES string of the molecule is CCCc1c(OCCCn2c(O)c(CC(=O)OC(C)(C)C)sc2=O)ccc2c(CC(C)(C)C)noc12. The lowest BCUT2D eigenvalue weighted by atomic mass is 9.89. The van der Waals surface area contributed by atoms with Gasteiger partial charge in [-0.1, -0.05) is 50.6 Å². The van der Waals surface area contributed by atoms with Gasteiger partial charge in [-0.15, -0.1) is 0 Å². The molecule has 0 aliphatic carbocycles. The fourth-order valence-electron chi connectivity index (χ4n) is 4.01. The predicted octanol–water partition coefficient (Wildman–Crippen LogP) is 5.65. The molecule has 2 aromatic heterocycles. The van der Waals surface area contributed by atoms with Gasteiger partial charge in [0.2, 0.25) is 5.88 Å². The van der Waals surface area contributed by atoms with Gasteiger partial charge in [0, 0.05) is 17.5 Å². The predicted molar refractivity (Wildman–Crippen MR) is 141 cm³/mol. The van der Waals surface area contributed by atoms with Gasteiger partial charge < -0.3 is 19.1 Å². The number of carbonyl (C=O) groups excluding carboxylic acids is 1. The van der Waals surface area contributed by atoms with Gasteiger partial charge in [-0.05, 0) is 57.6 Å². The summed E-state index contributed by atoms with van der Waals surface area (Å²) in [6.07, 6.45) is 2.92. The fourth-order valence-corrected chi connectivity index (χ4v) is 4.90. The number of carbonyl (C=O) groups is 1. The van der Waals surface area contributed by atoms with Gasteiger partial charge in [-0.3, -0.25) is 14.2 Å². The topological polar surface area (TPSA) is 104 Å². The molecule has 3 rings (SSSR count). The normalized spacial score (nSPS) is 12.3. The Bertz CT molecular complexity index is 1260. The van der Waals surface area contributed by atoms with E-state index >= 15 is 0 Å². The minimum atomic E-state index is -0.628. The molecule has 0 amide bonds. The molecular formula is C27H38N2O6S. The number of benzene rings is 1. The fraction of sp³-hybridized carbons (Fsp3) is 0.593. The van der Waals surface area contributed by atoms with Crippen LogP contribution in [0.5, 0.6) is 11.6 Å². The number of esters is 1. The smallest absolute Gasteiger partial charge is 0.311 e. The van der Waals surface area contributed by atoms with Crippen LogP contribution in [0.4, 0.5) is 0 Å². The molecule has 0 bridgehead atoms. The van der Waals surface area contributed by atoms with Gasteiger partial charge in [0.25, 0.3) is 0 Å². The van der Waals surface area contributed by atoms with Crippen LogP contribution in [-0.2, 0) is 35.3 Å². The summed E-state index contributed by atoms with van der Waals surface area (Å²) >= 11 is 0.863. The number of aromatic hydroxyl groups is 1. The molecule has 1 N–H and O–H groups in total. The first-order valence-corrected chi connectivity index (χ1v) is 13.3. The molecule has 0 atom stereocenters. The Hall–Kier alpha value is -2.81. The van der Waals surface area contributed by atoms with Gasteiger partial charge in [0.05, 0.1) is 23.6 Å². The average molecular weight is 519 g/mol. The Morgan fingerprint density at radius 1 is 1.19 bits per heavy atom. The van der Waals surface area contributed by atoms with Crippen molar-refractivity contribution in [1.29, 1.82) is 0 Å². The maximum absolute atomic E-state index is 12.4. The first-order chi connectivity index (χ1) is 16.8. The molecular weight excluding hydrogens is 480 g/mol. The van der Waals surface area contributed by atoms with E-state index < -0.39 is 11.6 Å². The van der Waals surface area contributed by atoms with Gasteiger partial charge in [0.1, 0.15) is 11.4 Å². The standard InChI is InChI=1S/C27H38N2O6S/c1-8-10-18-20(12-11-17-19(16-26(2,3)4)28-35-23(17)18)33-14-9-13-29-24(31)21(36-25(29)32)15-22(30)34-27(5,6)7/h11-12,31H,8-10,13-16H2,1-7H3. The van der Waals surface area contributed by atoms with E-state index in [1.54, 1.807) is 20.8 Å². The van der Waals surface area contributed by atoms with Crippen LogP contribution >= 0.6 is 11.3 Å². The molecule has 0 saturated carbocycles. The molecule has 0 spiro atoms. The van der Waals surface area contributed by atoms with Crippen molar-refractivity contribution in [3.8, 4) is 11.6 Å². The summed E-state index contributed by atoms with van der Waals surface area (Å²) in [5.74, 6) is 0.0822.